The van der Waals surface area contributed by atoms with Crippen molar-refractivity contribution in [2.45, 2.75) is 25.8 Å². The summed E-state index contributed by atoms with van der Waals surface area (Å²) in [6.45, 7) is 3.52. The van der Waals surface area contributed by atoms with Crippen LogP contribution in [0.2, 0.25) is 0 Å². The van der Waals surface area contributed by atoms with E-state index in [-0.39, 0.29) is 11.5 Å². The third-order valence-corrected chi connectivity index (χ3v) is 4.02. The highest BCUT2D eigenvalue weighted by Crippen LogP contribution is 2.22. The molecule has 2 atom stereocenters. The Balaban J connectivity index is 2.11. The van der Waals surface area contributed by atoms with Gasteiger partial charge in [0.15, 0.2) is 0 Å². The van der Waals surface area contributed by atoms with Crippen LogP contribution in [0.1, 0.15) is 30.1 Å². The molecule has 1 aliphatic heterocycles. The van der Waals surface area contributed by atoms with Gasteiger partial charge in [-0.25, -0.2) is 4.39 Å². The molecule has 1 N–H and O–H groups in total. The van der Waals surface area contributed by atoms with Crippen molar-refractivity contribution in [2.24, 2.45) is 5.92 Å². The van der Waals surface area contributed by atoms with Crippen LogP contribution in [-0.2, 0) is 0 Å². The maximum atomic E-state index is 13.7. The predicted molar refractivity (Wildman–Crippen MR) is 73.5 cm³/mol. The fraction of sp³-hybridized carbons (Fsp3) is 0.533. The zero-order chi connectivity index (χ0) is 13.8. The summed E-state index contributed by atoms with van der Waals surface area (Å²) in [7, 11) is 1.96. The molecule has 0 radical (unpaired) electrons. The number of amides is 1. The van der Waals surface area contributed by atoms with E-state index in [2.05, 4.69) is 12.2 Å². The standard InChI is InChI=1S/C15H21FN2O/c1-3-11-10-18(9-8-14(11)17-2)15(19)12-6-4-5-7-13(12)16/h4-7,11,14,17H,3,8-10H2,1-2H3. The fourth-order valence-electron chi connectivity index (χ4n) is 2.82. The molecule has 4 heteroatoms. The number of halogens is 1. The van der Waals surface area contributed by atoms with Crippen LogP contribution in [0.4, 0.5) is 4.39 Å². The third kappa shape index (κ3) is 2.95. The molecule has 1 heterocycles. The van der Waals surface area contributed by atoms with E-state index < -0.39 is 5.82 Å². The molecule has 1 saturated heterocycles. The summed E-state index contributed by atoms with van der Waals surface area (Å²) < 4.78 is 13.7. The second-order valence-corrected chi connectivity index (χ2v) is 5.08. The predicted octanol–water partition coefficient (Wildman–Crippen LogP) is 2.29. The first kappa shape index (κ1) is 14.0. The number of nitrogens with one attached hydrogen (secondary N) is 1. The van der Waals surface area contributed by atoms with Crippen molar-refractivity contribution in [2.75, 3.05) is 20.1 Å². The van der Waals surface area contributed by atoms with E-state index in [0.29, 0.717) is 25.0 Å². The molecule has 0 spiro atoms. The van der Waals surface area contributed by atoms with E-state index in [9.17, 15) is 9.18 Å². The van der Waals surface area contributed by atoms with Crippen molar-refractivity contribution < 1.29 is 9.18 Å². The number of likely N-dealkylation sites (tertiary alicyclic amines) is 1. The van der Waals surface area contributed by atoms with E-state index in [1.165, 1.54) is 6.07 Å². The molecule has 1 fully saturated rings. The van der Waals surface area contributed by atoms with Crippen LogP contribution in [-0.4, -0.2) is 37.0 Å². The highest BCUT2D eigenvalue weighted by Gasteiger charge is 2.30. The Labute approximate surface area is 113 Å². The third-order valence-electron chi connectivity index (χ3n) is 4.02. The average Bonchev–Trinajstić information content (AvgIpc) is 2.46. The molecule has 19 heavy (non-hydrogen) atoms. The van der Waals surface area contributed by atoms with Crippen LogP contribution < -0.4 is 5.32 Å². The van der Waals surface area contributed by atoms with E-state index in [1.54, 1.807) is 23.1 Å². The lowest BCUT2D eigenvalue weighted by atomic mass is 9.89. The van der Waals surface area contributed by atoms with Crippen molar-refractivity contribution >= 4 is 5.91 Å². The van der Waals surface area contributed by atoms with Crippen molar-refractivity contribution in [1.82, 2.24) is 10.2 Å². The maximum Gasteiger partial charge on any atom is 0.256 e. The molecule has 2 unspecified atom stereocenters. The lowest BCUT2D eigenvalue weighted by Crippen LogP contribution is -2.50. The summed E-state index contributed by atoms with van der Waals surface area (Å²) >= 11 is 0. The Morgan fingerprint density at radius 2 is 2.21 bits per heavy atom. The summed E-state index contributed by atoms with van der Waals surface area (Å²) in [5, 5.41) is 3.30. The van der Waals surface area contributed by atoms with Crippen molar-refractivity contribution in [3.8, 4) is 0 Å². The normalized spacial score (nSPS) is 23.4. The molecule has 2 rings (SSSR count). The Hall–Kier alpha value is -1.42. The van der Waals surface area contributed by atoms with Crippen molar-refractivity contribution in [1.29, 1.82) is 0 Å². The molecule has 3 nitrogen and oxygen atoms in total. The number of hydrogen-bond acceptors (Lipinski definition) is 2. The van der Waals surface area contributed by atoms with E-state index in [1.807, 2.05) is 7.05 Å². The molecule has 104 valence electrons. The second kappa shape index (κ2) is 6.15. The van der Waals surface area contributed by atoms with Crippen LogP contribution in [0.5, 0.6) is 0 Å². The van der Waals surface area contributed by atoms with Crippen molar-refractivity contribution in [3.63, 3.8) is 0 Å². The Bertz CT molecular complexity index is 450. The summed E-state index contributed by atoms with van der Waals surface area (Å²) in [6.07, 6.45) is 1.95. The van der Waals surface area contributed by atoms with Gasteiger partial charge in [0, 0.05) is 19.1 Å². The van der Waals surface area contributed by atoms with E-state index in [0.717, 1.165) is 12.8 Å². The maximum absolute atomic E-state index is 13.7. The van der Waals surface area contributed by atoms with Gasteiger partial charge in [-0.15, -0.1) is 0 Å². The van der Waals surface area contributed by atoms with Gasteiger partial charge in [-0.05, 0) is 31.5 Å². The molecule has 0 aliphatic carbocycles. The minimum atomic E-state index is -0.434. The number of piperidine rings is 1. The smallest absolute Gasteiger partial charge is 0.256 e. The number of nitrogens with zero attached hydrogens (tertiary/aromatic N) is 1. The zero-order valence-corrected chi connectivity index (χ0v) is 11.5. The van der Waals surface area contributed by atoms with Gasteiger partial charge < -0.3 is 10.2 Å². The second-order valence-electron chi connectivity index (χ2n) is 5.08. The monoisotopic (exact) mass is 264 g/mol. The highest BCUT2D eigenvalue weighted by molar-refractivity contribution is 5.94. The van der Waals surface area contributed by atoms with Gasteiger partial charge in [0.1, 0.15) is 5.82 Å². The molecule has 0 bridgehead atoms. The SMILES string of the molecule is CCC1CN(C(=O)c2ccccc2F)CCC1NC. The largest absolute Gasteiger partial charge is 0.338 e. The summed E-state index contributed by atoms with van der Waals surface area (Å²) in [5.41, 5.74) is 0.181. The van der Waals surface area contributed by atoms with Gasteiger partial charge in [-0.1, -0.05) is 25.5 Å². The number of rotatable bonds is 3. The molecule has 0 aromatic heterocycles. The lowest BCUT2D eigenvalue weighted by Gasteiger charge is -2.38. The van der Waals surface area contributed by atoms with Gasteiger partial charge in [-0.2, -0.15) is 0 Å². The number of hydrogen-bond donors (Lipinski definition) is 1. The Morgan fingerprint density at radius 1 is 1.47 bits per heavy atom. The topological polar surface area (TPSA) is 32.3 Å². The van der Waals surface area contributed by atoms with Crippen LogP contribution in [0, 0.1) is 11.7 Å². The molecule has 0 saturated carbocycles. The van der Waals surface area contributed by atoms with Gasteiger partial charge in [0.25, 0.3) is 5.91 Å². The van der Waals surface area contributed by atoms with Gasteiger partial charge in [0.05, 0.1) is 5.56 Å². The summed E-state index contributed by atoms with van der Waals surface area (Å²) in [4.78, 5) is 14.1. The Morgan fingerprint density at radius 3 is 2.84 bits per heavy atom. The van der Waals surface area contributed by atoms with E-state index >= 15 is 0 Å². The number of benzene rings is 1. The molecule has 1 amide bonds. The minimum Gasteiger partial charge on any atom is -0.338 e. The molecule has 1 aliphatic rings. The van der Waals surface area contributed by atoms with Crippen LogP contribution in [0.3, 0.4) is 0 Å². The first-order valence-corrected chi connectivity index (χ1v) is 6.88. The van der Waals surface area contributed by atoms with Crippen LogP contribution in [0.25, 0.3) is 0 Å². The quantitative estimate of drug-likeness (QED) is 0.908. The molecule has 1 aromatic rings. The highest BCUT2D eigenvalue weighted by atomic mass is 19.1. The Kier molecular flexibility index (Phi) is 4.53. The first-order valence-electron chi connectivity index (χ1n) is 6.88. The zero-order valence-electron chi connectivity index (χ0n) is 11.5. The summed E-state index contributed by atoms with van der Waals surface area (Å²) in [6, 6.07) is 6.66. The van der Waals surface area contributed by atoms with Crippen LogP contribution in [0.15, 0.2) is 24.3 Å². The van der Waals surface area contributed by atoms with Crippen LogP contribution >= 0.6 is 0 Å². The minimum absolute atomic E-state index is 0.181. The molecular formula is C15H21FN2O. The van der Waals surface area contributed by atoms with Gasteiger partial charge in [-0.3, -0.25) is 4.79 Å². The summed E-state index contributed by atoms with van der Waals surface area (Å²) in [5.74, 6) is -0.183. The first-order chi connectivity index (χ1) is 9.17. The van der Waals surface area contributed by atoms with Crippen molar-refractivity contribution in [3.05, 3.63) is 35.6 Å². The van der Waals surface area contributed by atoms with Gasteiger partial charge in [0.2, 0.25) is 0 Å². The molecular weight excluding hydrogens is 243 g/mol. The van der Waals surface area contributed by atoms with Gasteiger partial charge >= 0.3 is 0 Å². The molecule has 1 aromatic carbocycles. The van der Waals surface area contributed by atoms with E-state index in [4.69, 9.17) is 0 Å². The number of carbonyl (C=O) groups excluding carboxylic acids is 1. The fourth-order valence-corrected chi connectivity index (χ4v) is 2.82. The number of carbonyl (C=O) groups is 1. The lowest BCUT2D eigenvalue weighted by molar-refractivity contribution is 0.0627. The average molecular weight is 264 g/mol.